The Morgan fingerprint density at radius 1 is 0.786 bits per heavy atom. The van der Waals surface area contributed by atoms with Crippen molar-refractivity contribution >= 4 is 0 Å². The minimum atomic E-state index is -0.141. The van der Waals surface area contributed by atoms with Crippen LogP contribution in [-0.2, 0) is 9.47 Å². The van der Waals surface area contributed by atoms with Crippen molar-refractivity contribution in [3.8, 4) is 0 Å². The quantitative estimate of drug-likeness (QED) is 0.586. The average Bonchev–Trinajstić information content (AvgIpc) is 2.81. The molecule has 0 aromatic carbocycles. The second-order valence-electron chi connectivity index (χ2n) is 4.40. The minimum absolute atomic E-state index is 0.141. The minimum Gasteiger partial charge on any atom is -0.368 e. The van der Waals surface area contributed by atoms with Crippen LogP contribution in [0, 0.1) is 0 Å². The maximum Gasteiger partial charge on any atom is 0.119 e. The summed E-state index contributed by atoms with van der Waals surface area (Å²) in [5, 5.41) is 0. The summed E-state index contributed by atoms with van der Waals surface area (Å²) >= 11 is 0. The molecule has 0 saturated carbocycles. The summed E-state index contributed by atoms with van der Waals surface area (Å²) in [4.78, 5) is 0. The molecule has 2 nitrogen and oxygen atoms in total. The summed E-state index contributed by atoms with van der Waals surface area (Å²) in [5.74, 6) is 0. The zero-order chi connectivity index (χ0) is 9.49. The van der Waals surface area contributed by atoms with Gasteiger partial charge in [-0.25, -0.2) is 0 Å². The van der Waals surface area contributed by atoms with Gasteiger partial charge in [0.2, 0.25) is 0 Å². The molecule has 1 aliphatic carbocycles. The molecule has 2 heterocycles. The molecule has 76 valence electrons. The van der Waals surface area contributed by atoms with E-state index in [2.05, 4.69) is 24.3 Å². The van der Waals surface area contributed by atoms with Gasteiger partial charge >= 0.3 is 0 Å². The Bertz CT molecular complexity index is 249. The lowest BCUT2D eigenvalue weighted by Crippen LogP contribution is -2.51. The molecule has 2 heteroatoms. The second-order valence-corrected chi connectivity index (χ2v) is 4.40. The van der Waals surface area contributed by atoms with Gasteiger partial charge in [0.15, 0.2) is 0 Å². The third-order valence-electron chi connectivity index (χ3n) is 3.66. The Hall–Kier alpha value is -0.600. The number of rotatable bonds is 0. The molecule has 0 radical (unpaired) electrons. The standard InChI is InChI=1S/C12H16O2/c1-2-6-12(8-4-10-14-12)11(5-1)7-3-9-13-11/h1-2,5-6H,3-4,7-10H2/t11-,12-/m0/s1. The molecular formula is C12H16O2. The summed E-state index contributed by atoms with van der Waals surface area (Å²) in [5.41, 5.74) is -0.281. The van der Waals surface area contributed by atoms with E-state index in [-0.39, 0.29) is 11.2 Å². The van der Waals surface area contributed by atoms with E-state index in [9.17, 15) is 0 Å². The topological polar surface area (TPSA) is 18.5 Å². The highest BCUT2D eigenvalue weighted by molar-refractivity contribution is 5.32. The molecule has 2 atom stereocenters. The lowest BCUT2D eigenvalue weighted by Gasteiger charge is -2.42. The van der Waals surface area contributed by atoms with Crippen LogP contribution in [0.25, 0.3) is 0 Å². The van der Waals surface area contributed by atoms with Crippen LogP contribution in [0.1, 0.15) is 25.7 Å². The van der Waals surface area contributed by atoms with Gasteiger partial charge < -0.3 is 9.47 Å². The molecule has 0 unspecified atom stereocenters. The molecule has 3 rings (SSSR count). The number of hydrogen-bond donors (Lipinski definition) is 0. The third kappa shape index (κ3) is 0.984. The fourth-order valence-corrected chi connectivity index (χ4v) is 2.96. The SMILES string of the molecule is C1=C[C@]2(CCCO2)[C@]2(C=C1)CCCO2. The van der Waals surface area contributed by atoms with E-state index in [4.69, 9.17) is 9.47 Å². The van der Waals surface area contributed by atoms with Crippen molar-refractivity contribution in [2.24, 2.45) is 0 Å². The van der Waals surface area contributed by atoms with Crippen LogP contribution in [0.2, 0.25) is 0 Å². The third-order valence-corrected chi connectivity index (χ3v) is 3.66. The van der Waals surface area contributed by atoms with Gasteiger partial charge in [-0.3, -0.25) is 0 Å². The van der Waals surface area contributed by atoms with Crippen molar-refractivity contribution in [2.75, 3.05) is 13.2 Å². The summed E-state index contributed by atoms with van der Waals surface area (Å²) in [6, 6.07) is 0. The van der Waals surface area contributed by atoms with E-state index in [0.717, 1.165) is 38.9 Å². The molecule has 0 bridgehead atoms. The van der Waals surface area contributed by atoms with Crippen molar-refractivity contribution in [2.45, 2.75) is 36.9 Å². The highest BCUT2D eigenvalue weighted by atomic mass is 16.6. The maximum atomic E-state index is 5.96. The van der Waals surface area contributed by atoms with E-state index < -0.39 is 0 Å². The molecule has 14 heavy (non-hydrogen) atoms. The smallest absolute Gasteiger partial charge is 0.119 e. The van der Waals surface area contributed by atoms with Gasteiger partial charge in [0, 0.05) is 13.2 Å². The van der Waals surface area contributed by atoms with Crippen molar-refractivity contribution < 1.29 is 9.47 Å². The average molecular weight is 192 g/mol. The molecule has 0 aromatic heterocycles. The largest absolute Gasteiger partial charge is 0.368 e. The Balaban J connectivity index is 2.01. The Labute approximate surface area is 84.6 Å². The lowest BCUT2D eigenvalue weighted by atomic mass is 9.76. The Morgan fingerprint density at radius 2 is 1.29 bits per heavy atom. The van der Waals surface area contributed by atoms with Crippen molar-refractivity contribution in [3.63, 3.8) is 0 Å². The van der Waals surface area contributed by atoms with Gasteiger partial charge in [0.1, 0.15) is 11.2 Å². The molecule has 0 amide bonds. The van der Waals surface area contributed by atoms with Crippen LogP contribution in [0.5, 0.6) is 0 Å². The highest BCUT2D eigenvalue weighted by Gasteiger charge is 2.54. The van der Waals surface area contributed by atoms with Crippen LogP contribution in [0.4, 0.5) is 0 Å². The van der Waals surface area contributed by atoms with Gasteiger partial charge in [-0.1, -0.05) is 12.2 Å². The van der Waals surface area contributed by atoms with Crippen LogP contribution in [0.15, 0.2) is 24.3 Å². The molecule has 2 spiro atoms. The molecule has 2 fully saturated rings. The fraction of sp³-hybridized carbons (Fsp3) is 0.667. The molecule has 2 saturated heterocycles. The fourth-order valence-electron chi connectivity index (χ4n) is 2.96. The van der Waals surface area contributed by atoms with Gasteiger partial charge in [0.05, 0.1) is 0 Å². The summed E-state index contributed by atoms with van der Waals surface area (Å²) in [7, 11) is 0. The predicted molar refractivity (Wildman–Crippen MR) is 54.1 cm³/mol. The van der Waals surface area contributed by atoms with Gasteiger partial charge in [0.25, 0.3) is 0 Å². The normalized spacial score (nSPS) is 45.7. The van der Waals surface area contributed by atoms with E-state index in [1.165, 1.54) is 0 Å². The monoisotopic (exact) mass is 192 g/mol. The molecule has 2 aliphatic heterocycles. The van der Waals surface area contributed by atoms with E-state index >= 15 is 0 Å². The van der Waals surface area contributed by atoms with E-state index in [1.807, 2.05) is 0 Å². The second kappa shape index (κ2) is 2.94. The van der Waals surface area contributed by atoms with Crippen molar-refractivity contribution in [1.82, 2.24) is 0 Å². The summed E-state index contributed by atoms with van der Waals surface area (Å²) in [6.07, 6.45) is 13.1. The lowest BCUT2D eigenvalue weighted by molar-refractivity contribution is -0.115. The van der Waals surface area contributed by atoms with E-state index in [0.29, 0.717) is 0 Å². The highest BCUT2D eigenvalue weighted by Crippen LogP contribution is 2.47. The zero-order valence-electron chi connectivity index (χ0n) is 8.37. The van der Waals surface area contributed by atoms with Gasteiger partial charge in [-0.15, -0.1) is 0 Å². The first-order valence-electron chi connectivity index (χ1n) is 5.52. The van der Waals surface area contributed by atoms with E-state index in [1.54, 1.807) is 0 Å². The predicted octanol–water partition coefficient (Wildman–Crippen LogP) is 2.21. The maximum absolute atomic E-state index is 5.96. The van der Waals surface area contributed by atoms with Gasteiger partial charge in [-0.05, 0) is 37.8 Å². The first-order valence-corrected chi connectivity index (χ1v) is 5.52. The number of allylic oxidation sites excluding steroid dienone is 2. The molecule has 0 N–H and O–H groups in total. The van der Waals surface area contributed by atoms with Crippen LogP contribution in [-0.4, -0.2) is 24.4 Å². The van der Waals surface area contributed by atoms with Crippen LogP contribution in [0.3, 0.4) is 0 Å². The molecular weight excluding hydrogens is 176 g/mol. The summed E-state index contributed by atoms with van der Waals surface area (Å²) in [6.45, 7) is 1.76. The van der Waals surface area contributed by atoms with Crippen molar-refractivity contribution in [1.29, 1.82) is 0 Å². The Kier molecular flexibility index (Phi) is 1.83. The van der Waals surface area contributed by atoms with Crippen LogP contribution < -0.4 is 0 Å². The van der Waals surface area contributed by atoms with Crippen molar-refractivity contribution in [3.05, 3.63) is 24.3 Å². The zero-order valence-corrected chi connectivity index (χ0v) is 8.37. The summed E-state index contributed by atoms with van der Waals surface area (Å²) < 4.78 is 11.9. The number of hydrogen-bond acceptors (Lipinski definition) is 2. The first kappa shape index (κ1) is 8.69. The Morgan fingerprint density at radius 3 is 1.64 bits per heavy atom. The number of ether oxygens (including phenoxy) is 2. The molecule has 0 aromatic rings. The number of fused-ring (bicyclic) bond motifs is 1. The molecule has 3 aliphatic rings. The first-order chi connectivity index (χ1) is 6.87. The van der Waals surface area contributed by atoms with Crippen LogP contribution >= 0.6 is 0 Å². The van der Waals surface area contributed by atoms with Gasteiger partial charge in [-0.2, -0.15) is 0 Å².